The average Bonchev–Trinajstić information content (AvgIpc) is 2.95. The highest BCUT2D eigenvalue weighted by Gasteiger charge is 2.12. The van der Waals surface area contributed by atoms with E-state index in [1.54, 1.807) is 17.4 Å². The smallest absolute Gasteiger partial charge is 0.276 e. The van der Waals surface area contributed by atoms with Crippen molar-refractivity contribution in [2.24, 2.45) is 0 Å². The summed E-state index contributed by atoms with van der Waals surface area (Å²) < 4.78 is 0. The summed E-state index contributed by atoms with van der Waals surface area (Å²) in [6.07, 6.45) is 0. The zero-order valence-corrected chi connectivity index (χ0v) is 12.5. The summed E-state index contributed by atoms with van der Waals surface area (Å²) in [5.74, 6) is -0.393. The van der Waals surface area contributed by atoms with Gasteiger partial charge in [-0.15, -0.1) is 11.3 Å². The number of anilines is 1. The maximum Gasteiger partial charge on any atom is 0.276 e. The van der Waals surface area contributed by atoms with Gasteiger partial charge in [0.05, 0.1) is 16.4 Å². The number of aryl methyl sites for hydroxylation is 1. The van der Waals surface area contributed by atoms with Gasteiger partial charge in [0.15, 0.2) is 0 Å². The highest BCUT2D eigenvalue weighted by atomic mass is 32.1. The molecule has 0 fully saturated rings. The third-order valence-electron chi connectivity index (χ3n) is 2.98. The van der Waals surface area contributed by atoms with Crippen LogP contribution in [-0.4, -0.2) is 21.1 Å². The Morgan fingerprint density at radius 3 is 2.73 bits per heavy atom. The number of hydrogen-bond acceptors (Lipinski definition) is 5. The molecule has 22 heavy (non-hydrogen) atoms. The van der Waals surface area contributed by atoms with Crippen molar-refractivity contribution in [2.45, 2.75) is 6.92 Å². The molecule has 0 atom stereocenters. The van der Waals surface area contributed by atoms with Crippen molar-refractivity contribution in [1.82, 2.24) is 15.2 Å². The number of para-hydroxylation sites is 1. The van der Waals surface area contributed by atoms with Crippen LogP contribution in [0.1, 0.15) is 15.5 Å². The topological polar surface area (TPSA) is 87.7 Å². The van der Waals surface area contributed by atoms with Crippen LogP contribution in [0, 0.1) is 6.92 Å². The highest BCUT2D eigenvalue weighted by molar-refractivity contribution is 7.09. The van der Waals surface area contributed by atoms with Gasteiger partial charge in [-0.05, 0) is 19.1 Å². The quantitative estimate of drug-likeness (QED) is 0.777. The number of H-pyrrole nitrogens is 1. The van der Waals surface area contributed by atoms with Crippen LogP contribution in [0.25, 0.3) is 11.3 Å². The van der Waals surface area contributed by atoms with Crippen molar-refractivity contribution in [3.8, 4) is 11.3 Å². The fourth-order valence-corrected chi connectivity index (χ4v) is 2.57. The normalized spacial score (nSPS) is 10.4. The number of thiazole rings is 1. The number of aromatic amines is 1. The highest BCUT2D eigenvalue weighted by Crippen LogP contribution is 2.28. The maximum atomic E-state index is 12.2. The van der Waals surface area contributed by atoms with Crippen LogP contribution in [0.5, 0.6) is 0 Å². The summed E-state index contributed by atoms with van der Waals surface area (Å²) >= 11 is 1.55. The Morgan fingerprint density at radius 2 is 2.05 bits per heavy atom. The zero-order chi connectivity index (χ0) is 15.5. The van der Waals surface area contributed by atoms with E-state index in [0.29, 0.717) is 5.69 Å². The molecule has 3 rings (SSSR count). The molecule has 1 aromatic carbocycles. The minimum absolute atomic E-state index is 0.142. The molecule has 2 N–H and O–H groups in total. The summed E-state index contributed by atoms with van der Waals surface area (Å²) in [5, 5.41) is 11.7. The molecule has 110 valence electrons. The summed E-state index contributed by atoms with van der Waals surface area (Å²) in [6.45, 7) is 1.93. The van der Waals surface area contributed by atoms with Crippen LogP contribution >= 0.6 is 11.3 Å². The van der Waals surface area contributed by atoms with Gasteiger partial charge in [0.1, 0.15) is 5.69 Å². The van der Waals surface area contributed by atoms with Crippen molar-refractivity contribution in [3.05, 3.63) is 62.8 Å². The van der Waals surface area contributed by atoms with E-state index in [2.05, 4.69) is 20.5 Å². The van der Waals surface area contributed by atoms with Crippen LogP contribution in [0.15, 0.2) is 46.6 Å². The SMILES string of the molecule is Cc1nc(-c2ccccc2NC(=O)c2ccc(=O)[nH]n2)cs1. The summed E-state index contributed by atoms with van der Waals surface area (Å²) in [4.78, 5) is 27.6. The molecule has 1 amide bonds. The molecule has 0 aliphatic rings. The predicted molar refractivity (Wildman–Crippen MR) is 85.1 cm³/mol. The van der Waals surface area contributed by atoms with Gasteiger partial charge in [-0.3, -0.25) is 9.59 Å². The molecule has 0 aliphatic carbocycles. The first-order valence-corrected chi connectivity index (χ1v) is 7.40. The Morgan fingerprint density at radius 1 is 1.23 bits per heavy atom. The molecule has 2 aromatic heterocycles. The van der Waals surface area contributed by atoms with Gasteiger partial charge < -0.3 is 5.32 Å². The van der Waals surface area contributed by atoms with Crippen LogP contribution in [-0.2, 0) is 0 Å². The van der Waals surface area contributed by atoms with Gasteiger partial charge in [-0.1, -0.05) is 18.2 Å². The molecule has 0 aliphatic heterocycles. The fourth-order valence-electron chi connectivity index (χ4n) is 1.96. The van der Waals surface area contributed by atoms with Crippen LogP contribution in [0.2, 0.25) is 0 Å². The Bertz CT molecular complexity index is 865. The lowest BCUT2D eigenvalue weighted by molar-refractivity contribution is 0.102. The Hall–Kier alpha value is -2.80. The van der Waals surface area contributed by atoms with E-state index in [4.69, 9.17) is 0 Å². The molecule has 6 nitrogen and oxygen atoms in total. The third-order valence-corrected chi connectivity index (χ3v) is 3.76. The third kappa shape index (κ3) is 2.94. The van der Waals surface area contributed by atoms with E-state index < -0.39 is 5.91 Å². The number of amides is 1. The second-order valence-electron chi connectivity index (χ2n) is 4.56. The molecule has 0 bridgehead atoms. The van der Waals surface area contributed by atoms with Gasteiger partial charge in [-0.25, -0.2) is 10.1 Å². The standard InChI is InChI=1S/C15H12N4O2S/c1-9-16-13(8-22-9)10-4-2-3-5-11(10)17-15(21)12-6-7-14(20)19-18-12/h2-8H,1H3,(H,17,21)(H,19,20). The van der Waals surface area contributed by atoms with Crippen molar-refractivity contribution in [2.75, 3.05) is 5.32 Å². The van der Waals surface area contributed by atoms with Crippen molar-refractivity contribution in [1.29, 1.82) is 0 Å². The lowest BCUT2D eigenvalue weighted by Crippen LogP contribution is -2.17. The summed E-state index contributed by atoms with van der Waals surface area (Å²) in [5.41, 5.74) is 2.09. The van der Waals surface area contributed by atoms with E-state index in [9.17, 15) is 9.59 Å². The van der Waals surface area contributed by atoms with Gasteiger partial charge in [0.2, 0.25) is 0 Å². The predicted octanol–water partition coefficient (Wildman–Crippen LogP) is 2.45. The Kier molecular flexibility index (Phi) is 3.80. The molecule has 0 radical (unpaired) electrons. The van der Waals surface area contributed by atoms with E-state index in [0.717, 1.165) is 16.3 Å². The first-order valence-electron chi connectivity index (χ1n) is 6.52. The Labute approximate surface area is 129 Å². The number of carbonyl (C=O) groups excluding carboxylic acids is 1. The average molecular weight is 312 g/mol. The van der Waals surface area contributed by atoms with E-state index in [1.165, 1.54) is 12.1 Å². The van der Waals surface area contributed by atoms with Crippen LogP contribution in [0.4, 0.5) is 5.69 Å². The van der Waals surface area contributed by atoms with Crippen LogP contribution in [0.3, 0.4) is 0 Å². The van der Waals surface area contributed by atoms with Gasteiger partial charge in [0.25, 0.3) is 11.5 Å². The molecule has 0 saturated heterocycles. The summed E-state index contributed by atoms with van der Waals surface area (Å²) in [7, 11) is 0. The first-order chi connectivity index (χ1) is 10.6. The number of nitrogens with one attached hydrogen (secondary N) is 2. The molecule has 0 saturated carbocycles. The van der Waals surface area contributed by atoms with Crippen molar-refractivity contribution < 1.29 is 4.79 Å². The van der Waals surface area contributed by atoms with E-state index in [1.807, 2.05) is 30.5 Å². The number of rotatable bonds is 3. The van der Waals surface area contributed by atoms with Crippen molar-refractivity contribution in [3.63, 3.8) is 0 Å². The van der Waals surface area contributed by atoms with Gasteiger partial charge in [-0.2, -0.15) is 5.10 Å². The molecular weight excluding hydrogens is 300 g/mol. The lowest BCUT2D eigenvalue weighted by atomic mass is 10.1. The summed E-state index contributed by atoms with van der Waals surface area (Å²) in [6, 6.07) is 10.1. The van der Waals surface area contributed by atoms with E-state index in [-0.39, 0.29) is 11.3 Å². The number of carbonyl (C=O) groups is 1. The molecule has 2 heterocycles. The first kappa shape index (κ1) is 14.2. The number of hydrogen-bond donors (Lipinski definition) is 2. The van der Waals surface area contributed by atoms with Crippen molar-refractivity contribution >= 4 is 22.9 Å². The molecular formula is C15H12N4O2S. The molecule has 3 aromatic rings. The second-order valence-corrected chi connectivity index (χ2v) is 5.62. The molecule has 0 spiro atoms. The number of benzene rings is 1. The minimum atomic E-state index is -0.393. The van der Waals surface area contributed by atoms with E-state index >= 15 is 0 Å². The fraction of sp³-hybridized carbons (Fsp3) is 0.0667. The minimum Gasteiger partial charge on any atom is -0.320 e. The Balaban J connectivity index is 1.91. The molecule has 7 heteroatoms. The van der Waals surface area contributed by atoms with Crippen LogP contribution < -0.4 is 10.9 Å². The number of aromatic nitrogens is 3. The van der Waals surface area contributed by atoms with Gasteiger partial charge in [0, 0.05) is 17.0 Å². The monoisotopic (exact) mass is 312 g/mol. The van der Waals surface area contributed by atoms with Gasteiger partial charge >= 0.3 is 0 Å². The lowest BCUT2D eigenvalue weighted by Gasteiger charge is -2.08. The zero-order valence-electron chi connectivity index (χ0n) is 11.7. The maximum absolute atomic E-state index is 12.2. The molecule has 0 unspecified atom stereocenters. The number of nitrogens with zero attached hydrogens (tertiary/aromatic N) is 2. The largest absolute Gasteiger partial charge is 0.320 e. The second kappa shape index (κ2) is 5.90.